The van der Waals surface area contributed by atoms with Crippen molar-refractivity contribution in [3.8, 4) is 17.2 Å². The van der Waals surface area contributed by atoms with Crippen LogP contribution in [0.2, 0.25) is 5.02 Å². The molecule has 0 amide bonds. The Balaban J connectivity index is 1.78. The second-order valence-electron chi connectivity index (χ2n) is 8.22. The number of imidazole rings is 1. The lowest BCUT2D eigenvalue weighted by molar-refractivity contribution is 0.634. The lowest BCUT2D eigenvalue weighted by Crippen LogP contribution is -2.39. The molecular formula is C28H21ClN4. The summed E-state index contributed by atoms with van der Waals surface area (Å²) in [5, 5.41) is 12.2. The second kappa shape index (κ2) is 8.22. The molecule has 5 rings (SSSR count). The van der Waals surface area contributed by atoms with E-state index < -0.39 is 5.54 Å². The molecule has 0 saturated heterocycles. The van der Waals surface area contributed by atoms with Gasteiger partial charge >= 0.3 is 0 Å². The SMILES string of the molecule is Cc1cc(-c2cccc(C#N)c2)c2cc(C(N)(c3ccc(Cl)cc3)c3cnc[nH]3)ccc2c1. The highest BCUT2D eigenvalue weighted by atomic mass is 35.5. The summed E-state index contributed by atoms with van der Waals surface area (Å²) >= 11 is 6.16. The van der Waals surface area contributed by atoms with Gasteiger partial charge in [0.2, 0.25) is 0 Å². The molecular weight excluding hydrogens is 428 g/mol. The summed E-state index contributed by atoms with van der Waals surface area (Å²) < 4.78 is 0. The van der Waals surface area contributed by atoms with Gasteiger partial charge in [0.15, 0.2) is 0 Å². The zero-order chi connectivity index (χ0) is 23.0. The zero-order valence-corrected chi connectivity index (χ0v) is 18.8. The van der Waals surface area contributed by atoms with Crippen LogP contribution in [0.25, 0.3) is 21.9 Å². The van der Waals surface area contributed by atoms with Crippen molar-refractivity contribution in [3.63, 3.8) is 0 Å². The highest BCUT2D eigenvalue weighted by Crippen LogP contribution is 2.38. The zero-order valence-electron chi connectivity index (χ0n) is 18.0. The lowest BCUT2D eigenvalue weighted by Gasteiger charge is -2.30. The number of nitriles is 1. The Labute approximate surface area is 197 Å². The number of hydrogen-bond acceptors (Lipinski definition) is 3. The van der Waals surface area contributed by atoms with Crippen LogP contribution < -0.4 is 5.73 Å². The third-order valence-electron chi connectivity index (χ3n) is 6.08. The fourth-order valence-electron chi connectivity index (χ4n) is 4.41. The number of benzene rings is 4. The number of nitrogens with one attached hydrogen (secondary N) is 1. The number of fused-ring (bicyclic) bond motifs is 1. The molecule has 4 nitrogen and oxygen atoms in total. The Hall–Kier alpha value is -3.91. The molecule has 5 aromatic rings. The van der Waals surface area contributed by atoms with E-state index in [1.807, 2.05) is 48.5 Å². The number of nitrogens with zero attached hydrogens (tertiary/aromatic N) is 2. The number of aryl methyl sites for hydroxylation is 1. The Kier molecular flexibility index (Phi) is 5.22. The van der Waals surface area contributed by atoms with E-state index in [1.165, 1.54) is 0 Å². The van der Waals surface area contributed by atoms with Crippen molar-refractivity contribution in [2.45, 2.75) is 12.5 Å². The van der Waals surface area contributed by atoms with Gasteiger partial charge in [0.1, 0.15) is 5.54 Å². The van der Waals surface area contributed by atoms with Crippen LogP contribution in [0.15, 0.2) is 91.4 Å². The molecule has 0 fully saturated rings. The van der Waals surface area contributed by atoms with Gasteiger partial charge in [-0.2, -0.15) is 5.26 Å². The van der Waals surface area contributed by atoms with Crippen molar-refractivity contribution in [1.29, 1.82) is 5.26 Å². The van der Waals surface area contributed by atoms with Crippen LogP contribution in [0.4, 0.5) is 0 Å². The van der Waals surface area contributed by atoms with Crippen LogP contribution >= 0.6 is 11.6 Å². The van der Waals surface area contributed by atoms with Crippen LogP contribution in [0.5, 0.6) is 0 Å². The smallest absolute Gasteiger partial charge is 0.109 e. The summed E-state index contributed by atoms with van der Waals surface area (Å²) in [4.78, 5) is 7.43. The summed E-state index contributed by atoms with van der Waals surface area (Å²) in [6.07, 6.45) is 3.39. The van der Waals surface area contributed by atoms with Crippen LogP contribution in [0.1, 0.15) is 27.9 Å². The second-order valence-corrected chi connectivity index (χ2v) is 8.66. The van der Waals surface area contributed by atoms with Gasteiger partial charge in [-0.1, -0.05) is 60.1 Å². The van der Waals surface area contributed by atoms with E-state index in [2.05, 4.69) is 53.3 Å². The van der Waals surface area contributed by atoms with Crippen LogP contribution in [-0.2, 0) is 5.54 Å². The highest BCUT2D eigenvalue weighted by Gasteiger charge is 2.33. The molecule has 3 N–H and O–H groups in total. The van der Waals surface area contributed by atoms with E-state index in [4.69, 9.17) is 17.3 Å². The van der Waals surface area contributed by atoms with Crippen molar-refractivity contribution in [2.24, 2.45) is 5.73 Å². The van der Waals surface area contributed by atoms with E-state index in [9.17, 15) is 5.26 Å². The number of nitrogens with two attached hydrogens (primary N) is 1. The molecule has 0 radical (unpaired) electrons. The molecule has 0 aliphatic carbocycles. The fraction of sp³-hybridized carbons (Fsp3) is 0.0714. The van der Waals surface area contributed by atoms with Gasteiger partial charge in [-0.3, -0.25) is 0 Å². The van der Waals surface area contributed by atoms with Crippen molar-refractivity contribution in [2.75, 3.05) is 0 Å². The first-order valence-corrected chi connectivity index (χ1v) is 11.0. The van der Waals surface area contributed by atoms with E-state index in [-0.39, 0.29) is 0 Å². The quantitative estimate of drug-likeness (QED) is 0.338. The standard InChI is InChI=1S/C28H21ClN4/c1-18-11-21-5-6-23(14-26(21)25(12-18)20-4-2-3-19(13-20)15-30)28(31,27-16-32-17-33-27)22-7-9-24(29)10-8-22/h2-14,16-17H,31H2,1H3,(H,32,33). The first kappa shape index (κ1) is 21.0. The molecule has 5 heteroatoms. The van der Waals surface area contributed by atoms with Crippen molar-refractivity contribution in [3.05, 3.63) is 124 Å². The van der Waals surface area contributed by atoms with E-state index in [1.54, 1.807) is 12.5 Å². The molecule has 33 heavy (non-hydrogen) atoms. The Morgan fingerprint density at radius 3 is 2.48 bits per heavy atom. The monoisotopic (exact) mass is 448 g/mol. The Bertz CT molecular complexity index is 1500. The molecule has 1 unspecified atom stereocenters. The number of aromatic amines is 1. The largest absolute Gasteiger partial charge is 0.346 e. The van der Waals surface area contributed by atoms with Gasteiger partial charge in [-0.25, -0.2) is 4.98 Å². The minimum absolute atomic E-state index is 0.630. The topological polar surface area (TPSA) is 78.5 Å². The van der Waals surface area contributed by atoms with Gasteiger partial charge in [-0.05, 0) is 75.8 Å². The number of rotatable bonds is 4. The molecule has 1 atom stereocenters. The molecule has 0 saturated carbocycles. The summed E-state index contributed by atoms with van der Waals surface area (Å²) in [7, 11) is 0. The molecule has 0 aliphatic heterocycles. The summed E-state index contributed by atoms with van der Waals surface area (Å²) in [6, 6.07) is 28.1. The predicted molar refractivity (Wildman–Crippen MR) is 133 cm³/mol. The average Bonchev–Trinajstić information content (AvgIpc) is 3.39. The summed E-state index contributed by atoms with van der Waals surface area (Å²) in [5.41, 5.74) is 12.6. The van der Waals surface area contributed by atoms with Crippen molar-refractivity contribution >= 4 is 22.4 Å². The lowest BCUT2D eigenvalue weighted by atomic mass is 9.80. The van der Waals surface area contributed by atoms with E-state index in [0.29, 0.717) is 10.6 Å². The van der Waals surface area contributed by atoms with Gasteiger partial charge in [0.05, 0.1) is 29.9 Å². The maximum atomic E-state index is 9.39. The molecule has 0 bridgehead atoms. The Morgan fingerprint density at radius 2 is 1.76 bits per heavy atom. The van der Waals surface area contributed by atoms with Gasteiger partial charge in [-0.15, -0.1) is 0 Å². The minimum atomic E-state index is -0.952. The maximum Gasteiger partial charge on any atom is 0.109 e. The molecule has 4 aromatic carbocycles. The van der Waals surface area contributed by atoms with E-state index in [0.717, 1.165) is 44.3 Å². The third kappa shape index (κ3) is 3.68. The summed E-state index contributed by atoms with van der Waals surface area (Å²) in [6.45, 7) is 2.08. The minimum Gasteiger partial charge on any atom is -0.346 e. The van der Waals surface area contributed by atoms with Crippen LogP contribution in [0, 0.1) is 18.3 Å². The number of H-pyrrole nitrogens is 1. The molecule has 0 aliphatic rings. The predicted octanol–water partition coefficient (Wildman–Crippen LogP) is 6.31. The van der Waals surface area contributed by atoms with Crippen molar-refractivity contribution < 1.29 is 0 Å². The highest BCUT2D eigenvalue weighted by molar-refractivity contribution is 6.30. The summed E-state index contributed by atoms with van der Waals surface area (Å²) in [5.74, 6) is 0. The fourth-order valence-corrected chi connectivity index (χ4v) is 4.54. The van der Waals surface area contributed by atoms with Crippen LogP contribution in [0.3, 0.4) is 0 Å². The number of hydrogen-bond donors (Lipinski definition) is 2. The average molecular weight is 449 g/mol. The molecule has 1 aromatic heterocycles. The normalized spacial score (nSPS) is 12.9. The first-order valence-electron chi connectivity index (χ1n) is 10.6. The van der Waals surface area contributed by atoms with Gasteiger partial charge in [0.25, 0.3) is 0 Å². The number of halogens is 1. The van der Waals surface area contributed by atoms with Crippen LogP contribution in [-0.4, -0.2) is 9.97 Å². The van der Waals surface area contributed by atoms with Gasteiger partial charge < -0.3 is 10.7 Å². The third-order valence-corrected chi connectivity index (χ3v) is 6.33. The van der Waals surface area contributed by atoms with Crippen molar-refractivity contribution in [1.82, 2.24) is 9.97 Å². The molecule has 0 spiro atoms. The molecule has 160 valence electrons. The number of aromatic nitrogens is 2. The molecule has 1 heterocycles. The Morgan fingerprint density at radius 1 is 0.970 bits per heavy atom. The maximum absolute atomic E-state index is 9.39. The van der Waals surface area contributed by atoms with E-state index >= 15 is 0 Å². The van der Waals surface area contributed by atoms with Gasteiger partial charge in [0, 0.05) is 5.02 Å². The first-order chi connectivity index (χ1) is 16.0.